The third kappa shape index (κ3) is 2.69. The Labute approximate surface area is 162 Å². The molecule has 1 saturated heterocycles. The van der Waals surface area contributed by atoms with Gasteiger partial charge >= 0.3 is 0 Å². The number of carbonyl (C=O) groups excluding carboxylic acids is 1. The molecule has 1 aliphatic carbocycles. The molecule has 2 aromatic heterocycles. The molecule has 0 bridgehead atoms. The van der Waals surface area contributed by atoms with Crippen molar-refractivity contribution in [2.45, 2.75) is 31.3 Å². The fraction of sp³-hybridized carbons (Fsp3) is 0.381. The van der Waals surface area contributed by atoms with E-state index in [1.165, 1.54) is 12.1 Å². The van der Waals surface area contributed by atoms with Crippen molar-refractivity contribution in [3.05, 3.63) is 53.7 Å². The molecule has 3 heterocycles. The molecule has 144 valence electrons. The van der Waals surface area contributed by atoms with E-state index in [4.69, 9.17) is 0 Å². The number of benzene rings is 1. The Balaban J connectivity index is 1.45. The van der Waals surface area contributed by atoms with E-state index in [0.29, 0.717) is 0 Å². The molecule has 28 heavy (non-hydrogen) atoms. The van der Waals surface area contributed by atoms with Gasteiger partial charge in [0.2, 0.25) is 0 Å². The lowest BCUT2D eigenvalue weighted by molar-refractivity contribution is -0.114. The summed E-state index contributed by atoms with van der Waals surface area (Å²) in [6, 6.07) is 5.94. The molecule has 0 amide bonds. The number of hydrogen-bond donors (Lipinski definition) is 1. The van der Waals surface area contributed by atoms with E-state index >= 15 is 0 Å². The van der Waals surface area contributed by atoms with Crippen molar-refractivity contribution in [2.24, 2.45) is 0 Å². The number of rotatable bonds is 4. The number of aldehydes is 1. The minimum atomic E-state index is -0.343. The predicted octanol–water partition coefficient (Wildman–Crippen LogP) is 3.00. The van der Waals surface area contributed by atoms with Crippen LogP contribution in [-0.4, -0.2) is 51.3 Å². The molecular formula is C21H22FN5O. The van der Waals surface area contributed by atoms with Crippen molar-refractivity contribution < 1.29 is 9.18 Å². The molecule has 1 aromatic carbocycles. The maximum absolute atomic E-state index is 13.3. The lowest BCUT2D eigenvalue weighted by Gasteiger charge is -2.45. The van der Waals surface area contributed by atoms with Crippen LogP contribution in [0.15, 0.2) is 36.8 Å². The number of nitrogens with zero attached hydrogens (tertiary/aromatic N) is 4. The van der Waals surface area contributed by atoms with Gasteiger partial charge in [-0.15, -0.1) is 0 Å². The van der Waals surface area contributed by atoms with Gasteiger partial charge in [0.25, 0.3) is 0 Å². The largest absolute Gasteiger partial charge is 0.353 e. The van der Waals surface area contributed by atoms with Gasteiger partial charge in [-0.3, -0.25) is 4.90 Å². The molecular weight excluding hydrogens is 357 g/mol. The highest BCUT2D eigenvalue weighted by atomic mass is 19.1. The smallest absolute Gasteiger partial charge is 0.143 e. The SMILES string of the molecule is Cc1c[nH]c2ncnc(N3CCN(C(C=O)c4ccc(F)cc4)C4(CC4)C3)c12. The van der Waals surface area contributed by atoms with Crippen molar-refractivity contribution >= 4 is 23.1 Å². The standard InChI is InChI=1S/C21H22FN5O/c1-14-10-23-19-18(14)20(25-13-24-19)26-8-9-27(21(12-26)6-7-21)17(11-28)15-2-4-16(22)5-3-15/h2-5,10-11,13,17H,6-9,12H2,1H3,(H,23,24,25). The van der Waals surface area contributed by atoms with Crippen molar-refractivity contribution in [3.8, 4) is 0 Å². The van der Waals surface area contributed by atoms with Crippen LogP contribution in [0.5, 0.6) is 0 Å². The van der Waals surface area contributed by atoms with Crippen molar-refractivity contribution in [3.63, 3.8) is 0 Å². The molecule has 6 nitrogen and oxygen atoms in total. The summed E-state index contributed by atoms with van der Waals surface area (Å²) in [6.07, 6.45) is 6.65. The minimum absolute atomic E-state index is 0.0281. The second-order valence-electron chi connectivity index (χ2n) is 7.86. The number of aromatic amines is 1. The normalized spacial score (nSPS) is 19.9. The van der Waals surface area contributed by atoms with Crippen molar-refractivity contribution in [1.82, 2.24) is 19.9 Å². The number of hydrogen-bond acceptors (Lipinski definition) is 5. The van der Waals surface area contributed by atoms with Crippen molar-refractivity contribution in [1.29, 1.82) is 0 Å². The molecule has 2 aliphatic rings. The first kappa shape index (κ1) is 17.3. The van der Waals surface area contributed by atoms with E-state index in [-0.39, 0.29) is 17.4 Å². The highest BCUT2D eigenvalue weighted by molar-refractivity contribution is 5.90. The van der Waals surface area contributed by atoms with Gasteiger partial charge in [0.05, 0.1) is 11.4 Å². The average molecular weight is 379 g/mol. The van der Waals surface area contributed by atoms with Gasteiger partial charge < -0.3 is 14.7 Å². The Hall–Kier alpha value is -2.80. The van der Waals surface area contributed by atoms with Crippen LogP contribution in [0.4, 0.5) is 10.2 Å². The quantitative estimate of drug-likeness (QED) is 0.706. The monoisotopic (exact) mass is 379 g/mol. The van der Waals surface area contributed by atoms with Gasteiger partial charge in [0.1, 0.15) is 29.9 Å². The van der Waals surface area contributed by atoms with Crippen molar-refractivity contribution in [2.75, 3.05) is 24.5 Å². The molecule has 1 atom stereocenters. The van der Waals surface area contributed by atoms with Crippen LogP contribution in [0.25, 0.3) is 11.0 Å². The first-order valence-electron chi connectivity index (χ1n) is 9.62. The summed E-state index contributed by atoms with van der Waals surface area (Å²) in [5.74, 6) is 0.674. The zero-order valence-electron chi connectivity index (χ0n) is 15.7. The van der Waals surface area contributed by atoms with Crippen LogP contribution < -0.4 is 4.90 Å². The van der Waals surface area contributed by atoms with E-state index in [2.05, 4.69) is 31.7 Å². The maximum atomic E-state index is 13.3. The van der Waals surface area contributed by atoms with Gasteiger partial charge in [0, 0.05) is 31.4 Å². The summed E-state index contributed by atoms with van der Waals surface area (Å²) in [6.45, 7) is 4.43. The molecule has 0 radical (unpaired) electrons. The Morgan fingerprint density at radius 2 is 2.00 bits per heavy atom. The Morgan fingerprint density at radius 3 is 2.71 bits per heavy atom. The van der Waals surface area contributed by atoms with E-state index in [9.17, 15) is 9.18 Å². The fourth-order valence-corrected chi connectivity index (χ4v) is 4.52. The molecule has 5 rings (SSSR count). The summed E-state index contributed by atoms with van der Waals surface area (Å²) >= 11 is 0. The number of fused-ring (bicyclic) bond motifs is 1. The van der Waals surface area contributed by atoms with Crippen LogP contribution in [0.2, 0.25) is 0 Å². The number of H-pyrrole nitrogens is 1. The molecule has 1 aliphatic heterocycles. The van der Waals surface area contributed by atoms with Gasteiger partial charge in [-0.05, 0) is 43.0 Å². The number of nitrogens with one attached hydrogen (secondary N) is 1. The lowest BCUT2D eigenvalue weighted by Crippen LogP contribution is -2.56. The molecule has 7 heteroatoms. The number of piperazine rings is 1. The highest BCUT2D eigenvalue weighted by Crippen LogP contribution is 2.48. The zero-order chi connectivity index (χ0) is 19.3. The second-order valence-corrected chi connectivity index (χ2v) is 7.86. The zero-order valence-corrected chi connectivity index (χ0v) is 15.7. The molecule has 1 saturated carbocycles. The van der Waals surface area contributed by atoms with Crippen LogP contribution in [0, 0.1) is 12.7 Å². The molecule has 1 N–H and O–H groups in total. The van der Waals surface area contributed by atoms with Gasteiger partial charge in [0.15, 0.2) is 0 Å². The van der Waals surface area contributed by atoms with E-state index in [1.807, 2.05) is 6.20 Å². The second kappa shape index (κ2) is 6.38. The first-order chi connectivity index (χ1) is 13.6. The van der Waals surface area contributed by atoms with Gasteiger partial charge in [-0.25, -0.2) is 14.4 Å². The Morgan fingerprint density at radius 1 is 1.21 bits per heavy atom. The number of anilines is 1. The van der Waals surface area contributed by atoms with Crippen LogP contribution in [0.1, 0.15) is 30.0 Å². The molecule has 3 aromatic rings. The third-order valence-corrected chi connectivity index (χ3v) is 6.16. The molecule has 1 spiro atoms. The molecule has 1 unspecified atom stereocenters. The average Bonchev–Trinajstić information content (AvgIpc) is 3.37. The molecule has 2 fully saturated rings. The first-order valence-corrected chi connectivity index (χ1v) is 9.62. The Kier molecular flexibility index (Phi) is 3.94. The summed E-state index contributed by atoms with van der Waals surface area (Å²) in [5.41, 5.74) is 2.81. The van der Waals surface area contributed by atoms with Gasteiger partial charge in [-0.1, -0.05) is 12.1 Å². The third-order valence-electron chi connectivity index (χ3n) is 6.16. The number of aromatic nitrogens is 3. The number of aryl methyl sites for hydroxylation is 1. The van der Waals surface area contributed by atoms with Crippen LogP contribution in [0.3, 0.4) is 0 Å². The van der Waals surface area contributed by atoms with Gasteiger partial charge in [-0.2, -0.15) is 0 Å². The fourth-order valence-electron chi connectivity index (χ4n) is 4.52. The number of halogens is 1. The van der Waals surface area contributed by atoms with Crippen LogP contribution >= 0.6 is 0 Å². The number of carbonyl (C=O) groups is 1. The van der Waals surface area contributed by atoms with E-state index < -0.39 is 0 Å². The highest BCUT2D eigenvalue weighted by Gasteiger charge is 2.53. The summed E-state index contributed by atoms with van der Waals surface area (Å²) < 4.78 is 13.3. The summed E-state index contributed by atoms with van der Waals surface area (Å²) in [5, 5.41) is 1.07. The summed E-state index contributed by atoms with van der Waals surface area (Å²) in [4.78, 5) is 28.7. The Bertz CT molecular complexity index is 1030. The summed E-state index contributed by atoms with van der Waals surface area (Å²) in [7, 11) is 0. The maximum Gasteiger partial charge on any atom is 0.143 e. The van der Waals surface area contributed by atoms with E-state index in [0.717, 1.165) is 66.7 Å². The topological polar surface area (TPSA) is 65.1 Å². The lowest BCUT2D eigenvalue weighted by atomic mass is 10.0. The predicted molar refractivity (Wildman–Crippen MR) is 105 cm³/mol. The van der Waals surface area contributed by atoms with E-state index in [1.54, 1.807) is 18.5 Å². The van der Waals surface area contributed by atoms with Crippen LogP contribution in [-0.2, 0) is 4.79 Å². The minimum Gasteiger partial charge on any atom is -0.353 e.